The molecule has 1 aliphatic rings. The lowest BCUT2D eigenvalue weighted by molar-refractivity contribution is 0.443. The van der Waals surface area contributed by atoms with Gasteiger partial charge in [0.2, 0.25) is 0 Å². The van der Waals surface area contributed by atoms with E-state index in [4.69, 9.17) is 4.42 Å². The standard InChI is InChI=1S/C22H31NO/c1-4-19-11-12-20(24-19)15-23-22-13-10-18(16(2)3)14-21(22)17-8-6-5-7-9-17/h10-14,16-17,23H,4-9,15H2,1-3H3. The van der Waals surface area contributed by atoms with Gasteiger partial charge in [-0.25, -0.2) is 0 Å². The third kappa shape index (κ3) is 4.03. The van der Waals surface area contributed by atoms with Crippen molar-refractivity contribution in [2.24, 2.45) is 0 Å². The van der Waals surface area contributed by atoms with E-state index in [2.05, 4.69) is 56.4 Å². The number of nitrogens with one attached hydrogen (secondary N) is 1. The lowest BCUT2D eigenvalue weighted by Gasteiger charge is -2.26. The van der Waals surface area contributed by atoms with E-state index in [1.54, 1.807) is 0 Å². The van der Waals surface area contributed by atoms with Crippen molar-refractivity contribution < 1.29 is 4.42 Å². The minimum Gasteiger partial charge on any atom is -0.464 e. The second-order valence-corrected chi connectivity index (χ2v) is 7.41. The van der Waals surface area contributed by atoms with Crippen LogP contribution in [-0.4, -0.2) is 0 Å². The van der Waals surface area contributed by atoms with Crippen molar-refractivity contribution in [3.63, 3.8) is 0 Å². The Balaban J connectivity index is 1.79. The van der Waals surface area contributed by atoms with Gasteiger partial charge in [0.1, 0.15) is 11.5 Å². The Bertz CT molecular complexity index is 650. The molecule has 24 heavy (non-hydrogen) atoms. The van der Waals surface area contributed by atoms with Gasteiger partial charge in [0.15, 0.2) is 0 Å². The molecule has 2 aromatic rings. The van der Waals surface area contributed by atoms with E-state index in [0.29, 0.717) is 11.8 Å². The fourth-order valence-electron chi connectivity index (χ4n) is 3.74. The van der Waals surface area contributed by atoms with E-state index in [1.165, 1.54) is 48.9 Å². The summed E-state index contributed by atoms with van der Waals surface area (Å²) >= 11 is 0. The van der Waals surface area contributed by atoms with Gasteiger partial charge in [0, 0.05) is 12.1 Å². The fraction of sp³-hybridized carbons (Fsp3) is 0.545. The third-order valence-electron chi connectivity index (χ3n) is 5.31. The number of hydrogen-bond acceptors (Lipinski definition) is 2. The highest BCUT2D eigenvalue weighted by Crippen LogP contribution is 2.38. The topological polar surface area (TPSA) is 25.2 Å². The van der Waals surface area contributed by atoms with Gasteiger partial charge in [-0.2, -0.15) is 0 Å². The molecule has 0 aliphatic heterocycles. The zero-order valence-corrected chi connectivity index (χ0v) is 15.4. The van der Waals surface area contributed by atoms with Crippen LogP contribution in [-0.2, 0) is 13.0 Å². The normalized spacial score (nSPS) is 15.8. The van der Waals surface area contributed by atoms with E-state index < -0.39 is 0 Å². The SMILES string of the molecule is CCc1ccc(CNc2ccc(C(C)C)cc2C2CCCCC2)o1. The van der Waals surface area contributed by atoms with Crippen molar-refractivity contribution in [3.8, 4) is 0 Å². The third-order valence-corrected chi connectivity index (χ3v) is 5.31. The molecule has 2 heteroatoms. The Morgan fingerprint density at radius 2 is 1.79 bits per heavy atom. The summed E-state index contributed by atoms with van der Waals surface area (Å²) < 4.78 is 5.84. The molecule has 1 N–H and O–H groups in total. The predicted molar refractivity (Wildman–Crippen MR) is 102 cm³/mol. The maximum atomic E-state index is 5.84. The predicted octanol–water partition coefficient (Wildman–Crippen LogP) is 6.63. The first-order valence-corrected chi connectivity index (χ1v) is 9.62. The van der Waals surface area contributed by atoms with Crippen LogP contribution in [0.5, 0.6) is 0 Å². The highest BCUT2D eigenvalue weighted by Gasteiger charge is 2.19. The molecule has 0 atom stereocenters. The number of furan rings is 1. The zero-order valence-electron chi connectivity index (χ0n) is 15.4. The summed E-state index contributed by atoms with van der Waals surface area (Å²) in [6.45, 7) is 7.45. The van der Waals surface area contributed by atoms with Gasteiger partial charge in [-0.1, -0.05) is 52.2 Å². The zero-order chi connectivity index (χ0) is 16.9. The van der Waals surface area contributed by atoms with Crippen LogP contribution in [0.2, 0.25) is 0 Å². The monoisotopic (exact) mass is 325 g/mol. The van der Waals surface area contributed by atoms with Crippen molar-refractivity contribution in [1.29, 1.82) is 0 Å². The quantitative estimate of drug-likeness (QED) is 0.645. The van der Waals surface area contributed by atoms with E-state index in [0.717, 1.165) is 24.5 Å². The van der Waals surface area contributed by atoms with E-state index in [1.807, 2.05) is 0 Å². The van der Waals surface area contributed by atoms with Crippen molar-refractivity contribution in [2.45, 2.75) is 77.7 Å². The van der Waals surface area contributed by atoms with Gasteiger partial charge in [-0.3, -0.25) is 0 Å². The molecule has 1 aromatic heterocycles. The summed E-state index contributed by atoms with van der Waals surface area (Å²) in [5, 5.41) is 3.64. The average Bonchev–Trinajstić information content (AvgIpc) is 3.08. The second kappa shape index (κ2) is 7.92. The molecule has 0 amide bonds. The molecular formula is C22H31NO. The highest BCUT2D eigenvalue weighted by atomic mass is 16.3. The number of hydrogen-bond donors (Lipinski definition) is 1. The smallest absolute Gasteiger partial charge is 0.123 e. The maximum Gasteiger partial charge on any atom is 0.123 e. The van der Waals surface area contributed by atoms with Crippen LogP contribution in [0.1, 0.15) is 87.4 Å². The molecule has 0 spiro atoms. The molecular weight excluding hydrogens is 294 g/mol. The Hall–Kier alpha value is -1.70. The Kier molecular flexibility index (Phi) is 5.65. The Morgan fingerprint density at radius 1 is 1.04 bits per heavy atom. The first-order valence-electron chi connectivity index (χ1n) is 9.62. The van der Waals surface area contributed by atoms with Crippen LogP contribution in [0.25, 0.3) is 0 Å². The molecule has 130 valence electrons. The lowest BCUT2D eigenvalue weighted by atomic mass is 9.82. The molecule has 0 bridgehead atoms. The Morgan fingerprint density at radius 3 is 2.46 bits per heavy atom. The van der Waals surface area contributed by atoms with Crippen molar-refractivity contribution in [3.05, 3.63) is 53.0 Å². The largest absolute Gasteiger partial charge is 0.464 e. The summed E-state index contributed by atoms with van der Waals surface area (Å²) in [7, 11) is 0. The minimum absolute atomic E-state index is 0.582. The van der Waals surface area contributed by atoms with Gasteiger partial charge in [0.25, 0.3) is 0 Å². The van der Waals surface area contributed by atoms with Crippen LogP contribution in [0.15, 0.2) is 34.7 Å². The average molecular weight is 325 g/mol. The first-order chi connectivity index (χ1) is 11.7. The van der Waals surface area contributed by atoms with Gasteiger partial charge in [-0.05, 0) is 54.0 Å². The molecule has 1 heterocycles. The molecule has 1 fully saturated rings. The van der Waals surface area contributed by atoms with Crippen LogP contribution in [0.3, 0.4) is 0 Å². The molecule has 1 aromatic carbocycles. The Labute approximate surface area is 146 Å². The van der Waals surface area contributed by atoms with Gasteiger partial charge in [0.05, 0.1) is 6.54 Å². The summed E-state index contributed by atoms with van der Waals surface area (Å²) in [6, 6.07) is 11.2. The molecule has 2 nitrogen and oxygen atoms in total. The molecule has 1 aliphatic carbocycles. The molecule has 1 saturated carbocycles. The fourth-order valence-corrected chi connectivity index (χ4v) is 3.74. The second-order valence-electron chi connectivity index (χ2n) is 7.41. The summed E-state index contributed by atoms with van der Waals surface area (Å²) in [4.78, 5) is 0. The van der Waals surface area contributed by atoms with Crippen LogP contribution < -0.4 is 5.32 Å². The van der Waals surface area contributed by atoms with Gasteiger partial charge >= 0.3 is 0 Å². The number of anilines is 1. The number of aryl methyl sites for hydroxylation is 1. The van der Waals surface area contributed by atoms with Crippen molar-refractivity contribution >= 4 is 5.69 Å². The summed E-state index contributed by atoms with van der Waals surface area (Å²) in [5.74, 6) is 3.38. The van der Waals surface area contributed by atoms with Gasteiger partial charge < -0.3 is 9.73 Å². The molecule has 0 radical (unpaired) electrons. The van der Waals surface area contributed by atoms with Gasteiger partial charge in [-0.15, -0.1) is 0 Å². The van der Waals surface area contributed by atoms with E-state index >= 15 is 0 Å². The number of benzene rings is 1. The molecule has 3 rings (SSSR count). The summed E-state index contributed by atoms with van der Waals surface area (Å²) in [5.41, 5.74) is 4.26. The summed E-state index contributed by atoms with van der Waals surface area (Å²) in [6.07, 6.45) is 7.75. The first kappa shape index (κ1) is 17.1. The van der Waals surface area contributed by atoms with Crippen molar-refractivity contribution in [2.75, 3.05) is 5.32 Å². The maximum absolute atomic E-state index is 5.84. The minimum atomic E-state index is 0.582. The lowest BCUT2D eigenvalue weighted by Crippen LogP contribution is -2.10. The molecule has 0 unspecified atom stereocenters. The van der Waals surface area contributed by atoms with Crippen molar-refractivity contribution in [1.82, 2.24) is 0 Å². The number of rotatable bonds is 6. The van der Waals surface area contributed by atoms with E-state index in [9.17, 15) is 0 Å². The van der Waals surface area contributed by atoms with E-state index in [-0.39, 0.29) is 0 Å². The van der Waals surface area contributed by atoms with Crippen LogP contribution in [0.4, 0.5) is 5.69 Å². The van der Waals surface area contributed by atoms with Crippen LogP contribution >= 0.6 is 0 Å². The van der Waals surface area contributed by atoms with Crippen LogP contribution in [0, 0.1) is 0 Å². The highest BCUT2D eigenvalue weighted by molar-refractivity contribution is 5.55. The molecule has 0 saturated heterocycles.